The number of aromatic amines is 1. The SMILES string of the molecule is CCCc1nc(SCCC(=O)NCCN)[nH]c(=O)c1C#N. The smallest absolute Gasteiger partial charge is 0.269 e. The van der Waals surface area contributed by atoms with Crippen LogP contribution in [0.3, 0.4) is 0 Å². The van der Waals surface area contributed by atoms with Crippen molar-refractivity contribution in [2.75, 3.05) is 18.8 Å². The lowest BCUT2D eigenvalue weighted by Crippen LogP contribution is -2.29. The average Bonchev–Trinajstić information content (AvgIpc) is 2.45. The van der Waals surface area contributed by atoms with Gasteiger partial charge in [-0.05, 0) is 6.42 Å². The Labute approximate surface area is 127 Å². The zero-order valence-electron chi connectivity index (χ0n) is 11.9. The van der Waals surface area contributed by atoms with Gasteiger partial charge >= 0.3 is 0 Å². The average molecular weight is 309 g/mol. The first kappa shape index (κ1) is 17.2. The first-order chi connectivity index (χ1) is 10.1. The van der Waals surface area contributed by atoms with E-state index in [1.807, 2.05) is 13.0 Å². The number of amides is 1. The number of nitriles is 1. The molecule has 7 nitrogen and oxygen atoms in total. The van der Waals surface area contributed by atoms with Crippen LogP contribution in [0.4, 0.5) is 0 Å². The van der Waals surface area contributed by atoms with Gasteiger partial charge in [-0.3, -0.25) is 9.59 Å². The van der Waals surface area contributed by atoms with Crippen molar-refractivity contribution in [3.05, 3.63) is 21.6 Å². The molecule has 0 aliphatic rings. The lowest BCUT2D eigenvalue weighted by molar-refractivity contribution is -0.120. The lowest BCUT2D eigenvalue weighted by Gasteiger charge is -2.05. The lowest BCUT2D eigenvalue weighted by atomic mass is 10.1. The monoisotopic (exact) mass is 309 g/mol. The van der Waals surface area contributed by atoms with Crippen molar-refractivity contribution >= 4 is 17.7 Å². The Bertz CT molecular complexity index is 579. The summed E-state index contributed by atoms with van der Waals surface area (Å²) in [4.78, 5) is 30.0. The summed E-state index contributed by atoms with van der Waals surface area (Å²) in [5, 5.41) is 12.1. The van der Waals surface area contributed by atoms with Crippen molar-refractivity contribution in [3.8, 4) is 6.07 Å². The fourth-order valence-electron chi connectivity index (χ4n) is 1.64. The Morgan fingerprint density at radius 2 is 2.33 bits per heavy atom. The molecule has 114 valence electrons. The van der Waals surface area contributed by atoms with Crippen LogP contribution in [-0.4, -0.2) is 34.7 Å². The minimum atomic E-state index is -0.425. The molecule has 8 heteroatoms. The number of carbonyl (C=O) groups is 1. The molecule has 1 amide bonds. The summed E-state index contributed by atoms with van der Waals surface area (Å²) in [6.45, 7) is 2.82. The Balaban J connectivity index is 2.66. The summed E-state index contributed by atoms with van der Waals surface area (Å²) in [6, 6.07) is 1.88. The molecule has 0 unspecified atom stereocenters. The summed E-state index contributed by atoms with van der Waals surface area (Å²) < 4.78 is 0. The number of rotatable bonds is 8. The predicted molar refractivity (Wildman–Crippen MR) is 81.0 cm³/mol. The quantitative estimate of drug-likeness (QED) is 0.464. The van der Waals surface area contributed by atoms with Gasteiger partial charge in [-0.25, -0.2) is 4.98 Å². The van der Waals surface area contributed by atoms with Gasteiger partial charge in [0.1, 0.15) is 11.6 Å². The molecule has 1 rings (SSSR count). The van der Waals surface area contributed by atoms with Gasteiger partial charge in [-0.2, -0.15) is 5.26 Å². The molecule has 0 aliphatic heterocycles. The molecule has 0 bridgehead atoms. The Morgan fingerprint density at radius 3 is 2.95 bits per heavy atom. The maximum atomic E-state index is 11.8. The highest BCUT2D eigenvalue weighted by Gasteiger charge is 2.11. The normalized spacial score (nSPS) is 10.1. The van der Waals surface area contributed by atoms with Crippen molar-refractivity contribution in [1.82, 2.24) is 15.3 Å². The summed E-state index contributed by atoms with van der Waals surface area (Å²) in [6.07, 6.45) is 1.70. The van der Waals surface area contributed by atoms with Crippen molar-refractivity contribution in [1.29, 1.82) is 5.26 Å². The van der Waals surface area contributed by atoms with Crippen LogP contribution in [0.2, 0.25) is 0 Å². The van der Waals surface area contributed by atoms with Gasteiger partial charge in [-0.1, -0.05) is 25.1 Å². The molecule has 0 atom stereocenters. The fraction of sp³-hybridized carbons (Fsp3) is 0.538. The van der Waals surface area contributed by atoms with Crippen molar-refractivity contribution in [3.63, 3.8) is 0 Å². The number of hydrogen-bond donors (Lipinski definition) is 3. The van der Waals surface area contributed by atoms with Crippen LogP contribution in [0.1, 0.15) is 31.0 Å². The number of carbonyl (C=O) groups excluding carboxylic acids is 1. The molecule has 0 aliphatic carbocycles. The number of nitrogens with one attached hydrogen (secondary N) is 2. The minimum Gasteiger partial charge on any atom is -0.355 e. The first-order valence-corrected chi connectivity index (χ1v) is 7.73. The first-order valence-electron chi connectivity index (χ1n) is 6.75. The Kier molecular flexibility index (Phi) is 7.50. The zero-order valence-corrected chi connectivity index (χ0v) is 12.8. The van der Waals surface area contributed by atoms with E-state index in [0.29, 0.717) is 42.5 Å². The van der Waals surface area contributed by atoms with Crippen LogP contribution >= 0.6 is 11.8 Å². The number of aryl methyl sites for hydroxylation is 1. The summed E-state index contributed by atoms with van der Waals surface area (Å²) in [5.41, 5.74) is 5.45. The van der Waals surface area contributed by atoms with Crippen molar-refractivity contribution in [2.45, 2.75) is 31.3 Å². The van der Waals surface area contributed by atoms with Gasteiger partial charge in [0.25, 0.3) is 5.56 Å². The molecule has 0 spiro atoms. The van der Waals surface area contributed by atoms with Crippen LogP contribution in [0.15, 0.2) is 9.95 Å². The summed E-state index contributed by atoms with van der Waals surface area (Å²) in [5.74, 6) is 0.411. The van der Waals surface area contributed by atoms with E-state index < -0.39 is 5.56 Å². The van der Waals surface area contributed by atoms with Gasteiger partial charge in [0.15, 0.2) is 5.16 Å². The molecule has 0 aromatic carbocycles. The largest absolute Gasteiger partial charge is 0.355 e. The summed E-state index contributed by atoms with van der Waals surface area (Å²) >= 11 is 1.29. The molecule has 1 aromatic rings. The minimum absolute atomic E-state index is 0.0712. The highest BCUT2D eigenvalue weighted by atomic mass is 32.2. The third-order valence-corrected chi connectivity index (χ3v) is 3.48. The van der Waals surface area contributed by atoms with Crippen LogP contribution < -0.4 is 16.6 Å². The standard InChI is InChI=1S/C13H19N5O2S/c1-2-3-10-9(8-15)12(20)18-13(17-10)21-7-4-11(19)16-6-5-14/h2-7,14H2,1H3,(H,16,19)(H,17,18,20). The molecule has 21 heavy (non-hydrogen) atoms. The molecule has 0 fully saturated rings. The van der Waals surface area contributed by atoms with Crippen molar-refractivity contribution < 1.29 is 4.79 Å². The molecule has 0 saturated carbocycles. The van der Waals surface area contributed by atoms with E-state index >= 15 is 0 Å². The number of thioether (sulfide) groups is 1. The van der Waals surface area contributed by atoms with Gasteiger partial charge < -0.3 is 16.0 Å². The van der Waals surface area contributed by atoms with Crippen LogP contribution in [0.5, 0.6) is 0 Å². The van der Waals surface area contributed by atoms with E-state index in [9.17, 15) is 9.59 Å². The Morgan fingerprint density at radius 1 is 1.57 bits per heavy atom. The zero-order chi connectivity index (χ0) is 15.7. The number of hydrogen-bond acceptors (Lipinski definition) is 6. The highest BCUT2D eigenvalue weighted by molar-refractivity contribution is 7.99. The molecule has 0 saturated heterocycles. The van der Waals surface area contributed by atoms with Gasteiger partial charge in [0.05, 0.1) is 5.69 Å². The summed E-state index contributed by atoms with van der Waals surface area (Å²) in [7, 11) is 0. The number of H-pyrrole nitrogens is 1. The topological polar surface area (TPSA) is 125 Å². The second-order valence-corrected chi connectivity index (χ2v) is 5.38. The molecule has 1 aromatic heterocycles. The second kappa shape index (κ2) is 9.15. The Hall–Kier alpha value is -1.85. The van der Waals surface area contributed by atoms with Gasteiger partial charge in [0.2, 0.25) is 5.91 Å². The third-order valence-electron chi connectivity index (χ3n) is 2.61. The van der Waals surface area contributed by atoms with Crippen LogP contribution in [-0.2, 0) is 11.2 Å². The van der Waals surface area contributed by atoms with Gasteiger partial charge in [0, 0.05) is 25.3 Å². The third kappa shape index (κ3) is 5.57. The van der Waals surface area contributed by atoms with Crippen molar-refractivity contribution in [2.24, 2.45) is 5.73 Å². The molecule has 4 N–H and O–H groups in total. The highest BCUT2D eigenvalue weighted by Crippen LogP contribution is 2.14. The number of nitrogens with zero attached hydrogens (tertiary/aromatic N) is 2. The van der Waals surface area contributed by atoms with E-state index in [2.05, 4.69) is 15.3 Å². The number of nitrogens with two attached hydrogens (primary N) is 1. The van der Waals surface area contributed by atoms with Crippen LogP contribution in [0, 0.1) is 11.3 Å². The van der Waals surface area contributed by atoms with E-state index in [1.165, 1.54) is 11.8 Å². The molecular formula is C13H19N5O2S. The van der Waals surface area contributed by atoms with E-state index in [4.69, 9.17) is 11.0 Å². The fourth-order valence-corrected chi connectivity index (χ4v) is 2.46. The molecule has 0 radical (unpaired) electrons. The van der Waals surface area contributed by atoms with E-state index in [-0.39, 0.29) is 11.5 Å². The molecule has 1 heterocycles. The maximum absolute atomic E-state index is 11.8. The van der Waals surface area contributed by atoms with E-state index in [0.717, 1.165) is 6.42 Å². The van der Waals surface area contributed by atoms with E-state index in [1.54, 1.807) is 0 Å². The number of aromatic nitrogens is 2. The van der Waals surface area contributed by atoms with Crippen LogP contribution in [0.25, 0.3) is 0 Å². The van der Waals surface area contributed by atoms with Gasteiger partial charge in [-0.15, -0.1) is 0 Å². The second-order valence-electron chi connectivity index (χ2n) is 4.29. The maximum Gasteiger partial charge on any atom is 0.269 e. The molecular weight excluding hydrogens is 290 g/mol. The predicted octanol–water partition coefficient (Wildman–Crippen LogP) is 0.151.